The van der Waals surface area contributed by atoms with Crippen LogP contribution in [0.2, 0.25) is 5.02 Å². The second-order valence-corrected chi connectivity index (χ2v) is 6.88. The molecular formula is C21H26ClN3O2. The molecule has 0 fully saturated rings. The Kier molecular flexibility index (Phi) is 8.14. The SMILES string of the molecule is CCCCCC(=O)Nc1cccc(NC(=O)CNc2cc(Cl)ccc2C)c1. The largest absolute Gasteiger partial charge is 0.376 e. The predicted octanol–water partition coefficient (Wildman–Crippen LogP) is 5.22. The summed E-state index contributed by atoms with van der Waals surface area (Å²) < 4.78 is 0. The fourth-order valence-electron chi connectivity index (χ4n) is 2.60. The van der Waals surface area contributed by atoms with Crippen LogP contribution in [0.4, 0.5) is 17.1 Å². The Morgan fingerprint density at radius 2 is 1.67 bits per heavy atom. The van der Waals surface area contributed by atoms with E-state index in [1.165, 1.54) is 0 Å². The molecule has 0 radical (unpaired) electrons. The molecule has 5 nitrogen and oxygen atoms in total. The molecule has 144 valence electrons. The average Bonchev–Trinajstić information content (AvgIpc) is 2.63. The van der Waals surface area contributed by atoms with Gasteiger partial charge in [-0.05, 0) is 49.2 Å². The second kappa shape index (κ2) is 10.6. The van der Waals surface area contributed by atoms with Crippen LogP contribution in [0.15, 0.2) is 42.5 Å². The molecule has 0 aromatic heterocycles. The minimum absolute atomic E-state index is 0.00924. The number of anilines is 3. The van der Waals surface area contributed by atoms with Gasteiger partial charge in [-0.25, -0.2) is 0 Å². The van der Waals surface area contributed by atoms with Crippen LogP contribution in [0.5, 0.6) is 0 Å². The number of halogens is 1. The lowest BCUT2D eigenvalue weighted by atomic mass is 10.2. The number of carbonyl (C=O) groups excluding carboxylic acids is 2. The van der Waals surface area contributed by atoms with Crippen molar-refractivity contribution in [2.45, 2.75) is 39.5 Å². The van der Waals surface area contributed by atoms with E-state index >= 15 is 0 Å². The third-order valence-electron chi connectivity index (χ3n) is 4.08. The normalized spacial score (nSPS) is 10.3. The van der Waals surface area contributed by atoms with Crippen molar-refractivity contribution in [3.05, 3.63) is 53.1 Å². The van der Waals surface area contributed by atoms with Gasteiger partial charge in [-0.3, -0.25) is 9.59 Å². The van der Waals surface area contributed by atoms with Crippen LogP contribution in [0.1, 0.15) is 38.2 Å². The van der Waals surface area contributed by atoms with Crippen molar-refractivity contribution in [2.75, 3.05) is 22.5 Å². The van der Waals surface area contributed by atoms with Crippen LogP contribution in [0, 0.1) is 6.92 Å². The van der Waals surface area contributed by atoms with Crippen molar-refractivity contribution in [1.29, 1.82) is 0 Å². The van der Waals surface area contributed by atoms with E-state index in [1.54, 1.807) is 30.3 Å². The van der Waals surface area contributed by atoms with Crippen molar-refractivity contribution in [3.8, 4) is 0 Å². The maximum atomic E-state index is 12.2. The van der Waals surface area contributed by atoms with Crippen molar-refractivity contribution in [2.24, 2.45) is 0 Å². The first-order valence-electron chi connectivity index (χ1n) is 9.17. The molecule has 0 spiro atoms. The number of amides is 2. The van der Waals surface area contributed by atoms with E-state index in [0.717, 1.165) is 30.5 Å². The van der Waals surface area contributed by atoms with E-state index in [9.17, 15) is 9.59 Å². The second-order valence-electron chi connectivity index (χ2n) is 6.45. The van der Waals surface area contributed by atoms with Gasteiger partial charge in [0, 0.05) is 28.5 Å². The highest BCUT2D eigenvalue weighted by molar-refractivity contribution is 6.30. The van der Waals surface area contributed by atoms with E-state index < -0.39 is 0 Å². The average molecular weight is 388 g/mol. The topological polar surface area (TPSA) is 70.2 Å². The minimum atomic E-state index is -0.180. The van der Waals surface area contributed by atoms with Crippen LogP contribution in [-0.2, 0) is 9.59 Å². The van der Waals surface area contributed by atoms with Gasteiger partial charge in [0.1, 0.15) is 0 Å². The number of hydrogen-bond donors (Lipinski definition) is 3. The lowest BCUT2D eigenvalue weighted by Gasteiger charge is -2.11. The summed E-state index contributed by atoms with van der Waals surface area (Å²) >= 11 is 5.99. The Labute approximate surface area is 165 Å². The predicted molar refractivity (Wildman–Crippen MR) is 113 cm³/mol. The fourth-order valence-corrected chi connectivity index (χ4v) is 2.77. The zero-order valence-electron chi connectivity index (χ0n) is 15.8. The van der Waals surface area contributed by atoms with Gasteiger partial charge in [0.05, 0.1) is 6.54 Å². The van der Waals surface area contributed by atoms with Gasteiger partial charge in [-0.15, -0.1) is 0 Å². The van der Waals surface area contributed by atoms with Gasteiger partial charge in [0.15, 0.2) is 0 Å². The van der Waals surface area contributed by atoms with E-state index in [2.05, 4.69) is 22.9 Å². The third kappa shape index (κ3) is 7.31. The summed E-state index contributed by atoms with van der Waals surface area (Å²) in [5.74, 6) is -0.189. The summed E-state index contributed by atoms with van der Waals surface area (Å²) in [6.45, 7) is 4.17. The molecule has 6 heteroatoms. The summed E-state index contributed by atoms with van der Waals surface area (Å²) in [4.78, 5) is 24.1. The number of rotatable bonds is 9. The third-order valence-corrected chi connectivity index (χ3v) is 4.31. The van der Waals surface area contributed by atoms with Crippen molar-refractivity contribution in [1.82, 2.24) is 0 Å². The summed E-state index contributed by atoms with van der Waals surface area (Å²) in [7, 11) is 0. The molecule has 0 aliphatic rings. The monoisotopic (exact) mass is 387 g/mol. The van der Waals surface area contributed by atoms with Crippen LogP contribution in [-0.4, -0.2) is 18.4 Å². The molecule has 0 saturated heterocycles. The van der Waals surface area contributed by atoms with E-state index in [0.29, 0.717) is 22.8 Å². The first-order chi connectivity index (χ1) is 13.0. The zero-order valence-corrected chi connectivity index (χ0v) is 16.5. The zero-order chi connectivity index (χ0) is 19.6. The Morgan fingerprint density at radius 1 is 0.963 bits per heavy atom. The number of unbranched alkanes of at least 4 members (excludes halogenated alkanes) is 2. The number of nitrogens with one attached hydrogen (secondary N) is 3. The molecule has 0 aliphatic heterocycles. The Morgan fingerprint density at radius 3 is 2.37 bits per heavy atom. The molecule has 2 aromatic carbocycles. The number of hydrogen-bond acceptors (Lipinski definition) is 3. The van der Waals surface area contributed by atoms with E-state index in [-0.39, 0.29) is 18.4 Å². The lowest BCUT2D eigenvalue weighted by molar-refractivity contribution is -0.116. The lowest BCUT2D eigenvalue weighted by Crippen LogP contribution is -2.22. The number of aryl methyl sites for hydroxylation is 1. The first kappa shape index (κ1) is 20.8. The van der Waals surface area contributed by atoms with Crippen LogP contribution in [0.3, 0.4) is 0 Å². The fraction of sp³-hybridized carbons (Fsp3) is 0.333. The number of benzene rings is 2. The van der Waals surface area contributed by atoms with Gasteiger partial charge in [-0.2, -0.15) is 0 Å². The van der Waals surface area contributed by atoms with Gasteiger partial charge < -0.3 is 16.0 Å². The van der Waals surface area contributed by atoms with E-state index in [4.69, 9.17) is 11.6 Å². The summed E-state index contributed by atoms with van der Waals surface area (Å²) in [6.07, 6.45) is 3.51. The molecule has 2 amide bonds. The molecule has 3 N–H and O–H groups in total. The summed E-state index contributed by atoms with van der Waals surface area (Å²) in [6, 6.07) is 12.6. The standard InChI is InChI=1S/C21H26ClN3O2/c1-3-4-5-9-20(26)24-17-7-6-8-18(13-17)25-21(27)14-23-19-12-16(22)11-10-15(19)2/h6-8,10-13,23H,3-5,9,14H2,1-2H3,(H,24,26)(H,25,27). The molecule has 0 aliphatic carbocycles. The van der Waals surface area contributed by atoms with Crippen molar-refractivity contribution >= 4 is 40.5 Å². The summed E-state index contributed by atoms with van der Waals surface area (Å²) in [5, 5.41) is 9.39. The molecule has 0 bridgehead atoms. The van der Waals surface area contributed by atoms with Crippen LogP contribution >= 0.6 is 11.6 Å². The molecule has 0 atom stereocenters. The maximum Gasteiger partial charge on any atom is 0.243 e. The van der Waals surface area contributed by atoms with Gasteiger partial charge in [-0.1, -0.05) is 43.5 Å². The minimum Gasteiger partial charge on any atom is -0.376 e. The Balaban J connectivity index is 1.86. The van der Waals surface area contributed by atoms with E-state index in [1.807, 2.05) is 19.1 Å². The van der Waals surface area contributed by atoms with Crippen molar-refractivity contribution < 1.29 is 9.59 Å². The molecule has 0 unspecified atom stereocenters. The Hall–Kier alpha value is -2.53. The molecular weight excluding hydrogens is 362 g/mol. The van der Waals surface area contributed by atoms with Gasteiger partial charge >= 0.3 is 0 Å². The highest BCUT2D eigenvalue weighted by atomic mass is 35.5. The quantitative estimate of drug-likeness (QED) is 0.517. The molecule has 0 saturated carbocycles. The maximum absolute atomic E-state index is 12.2. The Bertz CT molecular complexity index is 793. The molecule has 0 heterocycles. The highest BCUT2D eigenvalue weighted by Gasteiger charge is 2.07. The van der Waals surface area contributed by atoms with Crippen LogP contribution < -0.4 is 16.0 Å². The van der Waals surface area contributed by atoms with Gasteiger partial charge in [0.2, 0.25) is 11.8 Å². The summed E-state index contributed by atoms with van der Waals surface area (Å²) in [5.41, 5.74) is 3.15. The number of carbonyl (C=O) groups is 2. The highest BCUT2D eigenvalue weighted by Crippen LogP contribution is 2.20. The molecule has 27 heavy (non-hydrogen) atoms. The van der Waals surface area contributed by atoms with Gasteiger partial charge in [0.25, 0.3) is 0 Å². The molecule has 2 aromatic rings. The van der Waals surface area contributed by atoms with Crippen LogP contribution in [0.25, 0.3) is 0 Å². The first-order valence-corrected chi connectivity index (χ1v) is 9.55. The molecule has 2 rings (SSSR count). The smallest absolute Gasteiger partial charge is 0.243 e. The van der Waals surface area contributed by atoms with Crippen molar-refractivity contribution in [3.63, 3.8) is 0 Å².